The first-order valence-electron chi connectivity index (χ1n) is 5.67. The maximum atomic E-state index is 5.95. The van der Waals surface area contributed by atoms with E-state index in [0.29, 0.717) is 6.54 Å². The van der Waals surface area contributed by atoms with Gasteiger partial charge < -0.3 is 10.6 Å². The molecule has 5 heteroatoms. The highest BCUT2D eigenvalue weighted by atomic mass is 35.5. The van der Waals surface area contributed by atoms with Crippen molar-refractivity contribution in [3.05, 3.63) is 52.7 Å². The van der Waals surface area contributed by atoms with Crippen molar-refractivity contribution < 1.29 is 0 Å². The van der Waals surface area contributed by atoms with Crippen LogP contribution in [0.15, 0.2) is 36.4 Å². The molecule has 1 heterocycles. The zero-order chi connectivity index (χ0) is 13.0. The van der Waals surface area contributed by atoms with E-state index in [-0.39, 0.29) is 0 Å². The molecule has 0 aliphatic carbocycles. The minimum Gasteiger partial charge on any atom is -0.354 e. The Balaban J connectivity index is 2.09. The highest BCUT2D eigenvalue weighted by Crippen LogP contribution is 2.15. The summed E-state index contributed by atoms with van der Waals surface area (Å²) in [5.74, 6) is 0.812. The number of nitrogens with two attached hydrogens (primary N) is 1. The van der Waals surface area contributed by atoms with Crippen LogP contribution in [0, 0.1) is 0 Å². The van der Waals surface area contributed by atoms with Gasteiger partial charge in [-0.3, -0.25) is 0 Å². The largest absolute Gasteiger partial charge is 0.354 e. The number of benzene rings is 1. The molecule has 0 unspecified atom stereocenters. The summed E-state index contributed by atoms with van der Waals surface area (Å²) >= 11 is 5.95. The Kier molecular flexibility index (Phi) is 4.12. The zero-order valence-corrected chi connectivity index (χ0v) is 10.9. The lowest BCUT2D eigenvalue weighted by Crippen LogP contribution is -2.18. The lowest BCUT2D eigenvalue weighted by atomic mass is 10.2. The SMILES string of the molecule is CN(Cc1cccc(Cl)c1)c1ccc(CN)nn1. The summed E-state index contributed by atoms with van der Waals surface area (Å²) in [4.78, 5) is 2.01. The van der Waals surface area contributed by atoms with Gasteiger partial charge in [0.15, 0.2) is 5.82 Å². The molecule has 0 aliphatic rings. The van der Waals surface area contributed by atoms with Gasteiger partial charge in [-0.2, -0.15) is 5.10 Å². The quantitative estimate of drug-likeness (QED) is 0.918. The van der Waals surface area contributed by atoms with Crippen LogP contribution in [0.2, 0.25) is 5.02 Å². The van der Waals surface area contributed by atoms with E-state index in [0.717, 1.165) is 28.6 Å². The molecule has 2 N–H and O–H groups in total. The summed E-state index contributed by atoms with van der Waals surface area (Å²) in [7, 11) is 1.97. The minimum absolute atomic E-state index is 0.408. The molecular formula is C13H15ClN4. The standard InChI is InChI=1S/C13H15ClN4/c1-18(9-10-3-2-4-11(14)7-10)13-6-5-12(8-15)16-17-13/h2-7H,8-9,15H2,1H3. The van der Waals surface area contributed by atoms with E-state index >= 15 is 0 Å². The highest BCUT2D eigenvalue weighted by molar-refractivity contribution is 6.30. The lowest BCUT2D eigenvalue weighted by Gasteiger charge is -2.17. The van der Waals surface area contributed by atoms with Crippen molar-refractivity contribution in [2.45, 2.75) is 13.1 Å². The second-order valence-electron chi connectivity index (χ2n) is 4.07. The number of hydrogen-bond acceptors (Lipinski definition) is 4. The molecule has 0 amide bonds. The van der Waals surface area contributed by atoms with Gasteiger partial charge in [0.2, 0.25) is 0 Å². The highest BCUT2D eigenvalue weighted by Gasteiger charge is 2.04. The Bertz CT molecular complexity index is 513. The normalized spacial score (nSPS) is 10.4. The van der Waals surface area contributed by atoms with Crippen LogP contribution in [0.5, 0.6) is 0 Å². The third-order valence-corrected chi connectivity index (χ3v) is 2.85. The molecule has 0 aliphatic heterocycles. The van der Waals surface area contributed by atoms with Gasteiger partial charge in [0, 0.05) is 25.2 Å². The third-order valence-electron chi connectivity index (χ3n) is 2.61. The lowest BCUT2D eigenvalue weighted by molar-refractivity contribution is 0.836. The molecule has 1 aromatic carbocycles. The Morgan fingerprint density at radius 1 is 1.22 bits per heavy atom. The van der Waals surface area contributed by atoms with Crippen LogP contribution in [0.25, 0.3) is 0 Å². The average molecular weight is 263 g/mol. The summed E-state index contributed by atoms with van der Waals surface area (Å²) < 4.78 is 0. The monoisotopic (exact) mass is 262 g/mol. The van der Waals surface area contributed by atoms with Crippen LogP contribution in [-0.2, 0) is 13.1 Å². The molecule has 0 saturated carbocycles. The van der Waals surface area contributed by atoms with E-state index in [1.54, 1.807) is 0 Å². The number of anilines is 1. The van der Waals surface area contributed by atoms with E-state index in [1.807, 2.05) is 48.3 Å². The topological polar surface area (TPSA) is 55.0 Å². The van der Waals surface area contributed by atoms with Gasteiger partial charge in [0.25, 0.3) is 0 Å². The molecule has 0 radical (unpaired) electrons. The molecule has 1 aromatic heterocycles. The van der Waals surface area contributed by atoms with Gasteiger partial charge in [0.1, 0.15) is 0 Å². The Hall–Kier alpha value is -1.65. The molecule has 2 rings (SSSR count). The van der Waals surface area contributed by atoms with Crippen molar-refractivity contribution in [3.8, 4) is 0 Å². The van der Waals surface area contributed by atoms with Gasteiger partial charge in [0.05, 0.1) is 5.69 Å². The second kappa shape index (κ2) is 5.80. The van der Waals surface area contributed by atoms with Gasteiger partial charge in [-0.05, 0) is 29.8 Å². The molecule has 18 heavy (non-hydrogen) atoms. The minimum atomic E-state index is 0.408. The van der Waals surface area contributed by atoms with Crippen molar-refractivity contribution in [2.24, 2.45) is 5.73 Å². The van der Waals surface area contributed by atoms with E-state index in [2.05, 4.69) is 10.2 Å². The predicted octanol–water partition coefficient (Wildman–Crippen LogP) is 2.23. The number of halogens is 1. The second-order valence-corrected chi connectivity index (χ2v) is 4.51. The van der Waals surface area contributed by atoms with E-state index in [4.69, 9.17) is 17.3 Å². The van der Waals surface area contributed by atoms with E-state index in [1.165, 1.54) is 0 Å². The van der Waals surface area contributed by atoms with Crippen molar-refractivity contribution in [1.29, 1.82) is 0 Å². The van der Waals surface area contributed by atoms with Crippen LogP contribution >= 0.6 is 11.6 Å². The van der Waals surface area contributed by atoms with E-state index in [9.17, 15) is 0 Å². The fourth-order valence-corrected chi connectivity index (χ4v) is 1.87. The zero-order valence-electron chi connectivity index (χ0n) is 10.2. The van der Waals surface area contributed by atoms with Gasteiger partial charge in [-0.25, -0.2) is 0 Å². The van der Waals surface area contributed by atoms with Crippen LogP contribution in [0.4, 0.5) is 5.82 Å². The van der Waals surface area contributed by atoms with Crippen molar-refractivity contribution in [2.75, 3.05) is 11.9 Å². The number of rotatable bonds is 4. The molecule has 0 saturated heterocycles. The molecule has 4 nitrogen and oxygen atoms in total. The average Bonchev–Trinajstić information content (AvgIpc) is 2.39. The fraction of sp³-hybridized carbons (Fsp3) is 0.231. The van der Waals surface area contributed by atoms with Crippen LogP contribution in [0.1, 0.15) is 11.3 Å². The molecule has 94 valence electrons. The van der Waals surface area contributed by atoms with Gasteiger partial charge in [-0.1, -0.05) is 23.7 Å². The van der Waals surface area contributed by atoms with Crippen molar-refractivity contribution >= 4 is 17.4 Å². The van der Waals surface area contributed by atoms with Crippen LogP contribution in [-0.4, -0.2) is 17.2 Å². The Morgan fingerprint density at radius 2 is 2.06 bits per heavy atom. The summed E-state index contributed by atoms with van der Waals surface area (Å²) in [6.07, 6.45) is 0. The maximum absolute atomic E-state index is 5.95. The van der Waals surface area contributed by atoms with Gasteiger partial charge in [-0.15, -0.1) is 5.10 Å². The van der Waals surface area contributed by atoms with Crippen molar-refractivity contribution in [1.82, 2.24) is 10.2 Å². The van der Waals surface area contributed by atoms with Crippen molar-refractivity contribution in [3.63, 3.8) is 0 Å². The first kappa shape index (κ1) is 12.8. The summed E-state index contributed by atoms with van der Waals surface area (Å²) in [5, 5.41) is 8.91. The predicted molar refractivity (Wildman–Crippen MR) is 73.5 cm³/mol. The first-order chi connectivity index (χ1) is 8.69. The molecule has 0 fully saturated rings. The molecule has 0 bridgehead atoms. The van der Waals surface area contributed by atoms with Gasteiger partial charge >= 0.3 is 0 Å². The Morgan fingerprint density at radius 3 is 2.67 bits per heavy atom. The Labute approximate surface area is 111 Å². The summed E-state index contributed by atoms with van der Waals surface area (Å²) in [6, 6.07) is 11.6. The molecule has 0 spiro atoms. The number of hydrogen-bond donors (Lipinski definition) is 1. The first-order valence-corrected chi connectivity index (χ1v) is 6.05. The number of nitrogens with zero attached hydrogens (tertiary/aromatic N) is 3. The van der Waals surface area contributed by atoms with Crippen LogP contribution in [0.3, 0.4) is 0 Å². The summed E-state index contributed by atoms with van der Waals surface area (Å²) in [6.45, 7) is 1.14. The fourth-order valence-electron chi connectivity index (χ4n) is 1.66. The third kappa shape index (κ3) is 3.18. The molecule has 2 aromatic rings. The van der Waals surface area contributed by atoms with E-state index < -0.39 is 0 Å². The molecular weight excluding hydrogens is 248 g/mol. The number of aromatic nitrogens is 2. The molecule has 0 atom stereocenters. The van der Waals surface area contributed by atoms with Crippen LogP contribution < -0.4 is 10.6 Å². The smallest absolute Gasteiger partial charge is 0.151 e. The summed E-state index contributed by atoms with van der Waals surface area (Å²) in [5.41, 5.74) is 7.41. The maximum Gasteiger partial charge on any atom is 0.151 e.